The third-order valence-corrected chi connectivity index (χ3v) is 2.85. The fourth-order valence-electron chi connectivity index (χ4n) is 1.80. The molecule has 0 bridgehead atoms. The van der Waals surface area contributed by atoms with Crippen molar-refractivity contribution in [3.05, 3.63) is 35.9 Å². The van der Waals surface area contributed by atoms with Crippen molar-refractivity contribution >= 4 is 18.4 Å². The first-order chi connectivity index (χ1) is 8.36. The molecule has 2 rings (SSSR count). The molecule has 1 saturated heterocycles. The first-order valence-electron chi connectivity index (χ1n) is 5.91. The van der Waals surface area contributed by atoms with E-state index in [4.69, 9.17) is 9.57 Å². The minimum Gasteiger partial charge on any atom is -0.381 e. The number of hydrogen-bond donors (Lipinski definition) is 1. The molecule has 1 aromatic rings. The van der Waals surface area contributed by atoms with Crippen molar-refractivity contribution < 1.29 is 14.4 Å². The summed E-state index contributed by atoms with van der Waals surface area (Å²) >= 11 is 0. The lowest BCUT2D eigenvalue weighted by Crippen LogP contribution is -2.29. The number of hydrogen-bond acceptors (Lipinski definition) is 4. The van der Waals surface area contributed by atoms with E-state index in [0.717, 1.165) is 18.4 Å². The first-order valence-corrected chi connectivity index (χ1v) is 5.91. The molecule has 4 nitrogen and oxygen atoms in total. The summed E-state index contributed by atoms with van der Waals surface area (Å²) in [7, 11) is 0. The van der Waals surface area contributed by atoms with Gasteiger partial charge in [-0.25, -0.2) is 0 Å². The highest BCUT2D eigenvalue weighted by Crippen LogP contribution is 2.15. The Labute approximate surface area is 113 Å². The van der Waals surface area contributed by atoms with Gasteiger partial charge < -0.3 is 9.57 Å². The van der Waals surface area contributed by atoms with Crippen molar-refractivity contribution in [1.29, 1.82) is 0 Å². The Kier molecular flexibility index (Phi) is 6.72. The van der Waals surface area contributed by atoms with Gasteiger partial charge in [0.05, 0.1) is 12.5 Å². The topological polar surface area (TPSA) is 47.6 Å². The number of halogens is 1. The van der Waals surface area contributed by atoms with Crippen molar-refractivity contribution in [2.75, 3.05) is 13.2 Å². The van der Waals surface area contributed by atoms with Crippen molar-refractivity contribution in [1.82, 2.24) is 5.48 Å². The van der Waals surface area contributed by atoms with Gasteiger partial charge in [0, 0.05) is 13.2 Å². The van der Waals surface area contributed by atoms with Crippen LogP contribution in [0.2, 0.25) is 0 Å². The van der Waals surface area contributed by atoms with Crippen LogP contribution < -0.4 is 5.48 Å². The molecule has 0 radical (unpaired) electrons. The van der Waals surface area contributed by atoms with E-state index in [0.29, 0.717) is 19.8 Å². The molecule has 0 amide bonds. The maximum atomic E-state index is 11.6. The van der Waals surface area contributed by atoms with E-state index in [2.05, 4.69) is 5.48 Å². The molecule has 1 aliphatic rings. The third kappa shape index (κ3) is 4.64. The summed E-state index contributed by atoms with van der Waals surface area (Å²) in [6.07, 6.45) is 1.51. The quantitative estimate of drug-likeness (QED) is 0.852. The molecule has 0 unspecified atom stereocenters. The van der Waals surface area contributed by atoms with Crippen LogP contribution in [0.15, 0.2) is 30.3 Å². The number of benzene rings is 1. The second kappa shape index (κ2) is 8.08. The van der Waals surface area contributed by atoms with E-state index in [9.17, 15) is 4.79 Å². The molecule has 5 heteroatoms. The molecule has 0 saturated carbocycles. The van der Waals surface area contributed by atoms with Crippen molar-refractivity contribution in [2.24, 2.45) is 5.92 Å². The van der Waals surface area contributed by atoms with Gasteiger partial charge in [0.2, 0.25) is 0 Å². The van der Waals surface area contributed by atoms with Crippen molar-refractivity contribution in [2.45, 2.75) is 19.4 Å². The highest BCUT2D eigenvalue weighted by molar-refractivity contribution is 5.85. The average molecular weight is 272 g/mol. The summed E-state index contributed by atoms with van der Waals surface area (Å²) in [5.41, 5.74) is 3.80. The van der Waals surface area contributed by atoms with E-state index < -0.39 is 0 Å². The SMILES string of the molecule is Cl.O=C(ONCc1ccccc1)C1CCOCC1. The van der Waals surface area contributed by atoms with Crippen LogP contribution in [0.4, 0.5) is 0 Å². The monoisotopic (exact) mass is 271 g/mol. The van der Waals surface area contributed by atoms with Gasteiger partial charge in [0.15, 0.2) is 0 Å². The lowest BCUT2D eigenvalue weighted by atomic mass is 10.0. The van der Waals surface area contributed by atoms with E-state index >= 15 is 0 Å². The zero-order valence-corrected chi connectivity index (χ0v) is 10.9. The summed E-state index contributed by atoms with van der Waals surface area (Å²) in [4.78, 5) is 16.7. The number of rotatable bonds is 4. The zero-order valence-electron chi connectivity index (χ0n) is 10.1. The smallest absolute Gasteiger partial charge is 0.327 e. The summed E-state index contributed by atoms with van der Waals surface area (Å²) in [5.74, 6) is -0.198. The van der Waals surface area contributed by atoms with Gasteiger partial charge in [0.1, 0.15) is 0 Å². The molecule has 1 aliphatic heterocycles. The Morgan fingerprint density at radius 1 is 1.28 bits per heavy atom. The van der Waals surface area contributed by atoms with E-state index in [1.807, 2.05) is 30.3 Å². The minimum absolute atomic E-state index is 0. The number of ether oxygens (including phenoxy) is 1. The minimum atomic E-state index is -0.177. The van der Waals surface area contributed by atoms with Crippen LogP contribution in [-0.2, 0) is 20.9 Å². The predicted octanol–water partition coefficient (Wildman–Crippen LogP) is 2.08. The van der Waals surface area contributed by atoms with Gasteiger partial charge in [-0.1, -0.05) is 30.3 Å². The van der Waals surface area contributed by atoms with Crippen LogP contribution in [0.5, 0.6) is 0 Å². The molecular formula is C13H18ClNO3. The van der Waals surface area contributed by atoms with Crippen molar-refractivity contribution in [3.8, 4) is 0 Å². The molecule has 1 heterocycles. The second-order valence-electron chi connectivity index (χ2n) is 4.11. The van der Waals surface area contributed by atoms with Crippen LogP contribution in [0, 0.1) is 5.92 Å². The van der Waals surface area contributed by atoms with Gasteiger partial charge >= 0.3 is 5.97 Å². The molecule has 100 valence electrons. The maximum absolute atomic E-state index is 11.6. The molecule has 1 aromatic carbocycles. The molecule has 0 aromatic heterocycles. The normalized spacial score (nSPS) is 15.8. The fourth-order valence-corrected chi connectivity index (χ4v) is 1.80. The Hall–Kier alpha value is -1.10. The molecule has 1 N–H and O–H groups in total. The zero-order chi connectivity index (χ0) is 11.9. The van der Waals surface area contributed by atoms with Gasteiger partial charge in [-0.15, -0.1) is 17.9 Å². The van der Waals surface area contributed by atoms with E-state index in [1.165, 1.54) is 0 Å². The third-order valence-electron chi connectivity index (χ3n) is 2.85. The average Bonchev–Trinajstić information content (AvgIpc) is 2.41. The maximum Gasteiger partial charge on any atom is 0.327 e. The molecule has 0 atom stereocenters. The largest absolute Gasteiger partial charge is 0.381 e. The standard InChI is InChI=1S/C13H17NO3.ClH/c15-13(12-6-8-16-9-7-12)17-14-10-11-4-2-1-3-5-11;/h1-5,12,14H,6-10H2;1H. The summed E-state index contributed by atoms with van der Waals surface area (Å²) in [6.45, 7) is 1.84. The summed E-state index contributed by atoms with van der Waals surface area (Å²) in [6, 6.07) is 9.83. The van der Waals surface area contributed by atoms with Crippen LogP contribution in [0.25, 0.3) is 0 Å². The highest BCUT2D eigenvalue weighted by atomic mass is 35.5. The van der Waals surface area contributed by atoms with Gasteiger partial charge in [-0.05, 0) is 18.4 Å². The first kappa shape index (κ1) is 15.0. The molecular weight excluding hydrogens is 254 g/mol. The van der Waals surface area contributed by atoms with Gasteiger partial charge in [0.25, 0.3) is 0 Å². The Morgan fingerprint density at radius 3 is 2.61 bits per heavy atom. The summed E-state index contributed by atoms with van der Waals surface area (Å²) < 4.78 is 5.20. The van der Waals surface area contributed by atoms with Crippen LogP contribution >= 0.6 is 12.4 Å². The lowest BCUT2D eigenvalue weighted by molar-refractivity contribution is -0.159. The predicted molar refractivity (Wildman–Crippen MR) is 70.2 cm³/mol. The van der Waals surface area contributed by atoms with E-state index in [-0.39, 0.29) is 24.3 Å². The van der Waals surface area contributed by atoms with Crippen molar-refractivity contribution in [3.63, 3.8) is 0 Å². The molecule has 0 aliphatic carbocycles. The second-order valence-corrected chi connectivity index (χ2v) is 4.11. The van der Waals surface area contributed by atoms with Crippen LogP contribution in [0.1, 0.15) is 18.4 Å². The van der Waals surface area contributed by atoms with E-state index in [1.54, 1.807) is 0 Å². The number of hydroxylamine groups is 1. The molecule has 0 spiro atoms. The molecule has 18 heavy (non-hydrogen) atoms. The number of carbonyl (C=O) groups excluding carboxylic acids is 1. The summed E-state index contributed by atoms with van der Waals surface area (Å²) in [5, 5.41) is 0. The van der Waals surface area contributed by atoms with Crippen LogP contribution in [0.3, 0.4) is 0 Å². The van der Waals surface area contributed by atoms with Crippen LogP contribution in [-0.4, -0.2) is 19.2 Å². The number of nitrogens with one attached hydrogen (secondary N) is 1. The van der Waals surface area contributed by atoms with Gasteiger partial charge in [-0.3, -0.25) is 4.79 Å². The van der Waals surface area contributed by atoms with Gasteiger partial charge in [-0.2, -0.15) is 0 Å². The number of carbonyl (C=O) groups is 1. The fraction of sp³-hybridized carbons (Fsp3) is 0.462. The Balaban J connectivity index is 0.00000162. The Bertz CT molecular complexity index is 353. The molecule has 1 fully saturated rings. The Morgan fingerprint density at radius 2 is 1.94 bits per heavy atom. The highest BCUT2D eigenvalue weighted by Gasteiger charge is 2.23. The lowest BCUT2D eigenvalue weighted by Gasteiger charge is -2.20.